The predicted octanol–water partition coefficient (Wildman–Crippen LogP) is 2.66. The number of hydrogen-bond acceptors (Lipinski definition) is 4. The van der Waals surface area contributed by atoms with Crippen molar-refractivity contribution < 1.29 is 0 Å². The van der Waals surface area contributed by atoms with Gasteiger partial charge in [-0.05, 0) is 35.7 Å². The van der Waals surface area contributed by atoms with E-state index in [1.165, 1.54) is 0 Å². The second kappa shape index (κ2) is 7.68. The lowest BCUT2D eigenvalue weighted by Gasteiger charge is -2.06. The molecule has 8 N–H and O–H groups in total. The fraction of sp³-hybridized carbons (Fsp3) is 0. The van der Waals surface area contributed by atoms with Gasteiger partial charge in [-0.15, -0.1) is 6.42 Å². The van der Waals surface area contributed by atoms with E-state index >= 15 is 0 Å². The molecule has 5 nitrogen and oxygen atoms in total. The Balaban J connectivity index is 0.000000185. The number of hydrogen-bond donors (Lipinski definition) is 5. The molecule has 0 saturated carbocycles. The van der Waals surface area contributed by atoms with E-state index in [1.54, 1.807) is 18.2 Å². The Labute approximate surface area is 140 Å². The van der Waals surface area contributed by atoms with Crippen molar-refractivity contribution in [2.24, 2.45) is 11.6 Å². The van der Waals surface area contributed by atoms with Gasteiger partial charge in [-0.1, -0.05) is 36.3 Å². The summed E-state index contributed by atoms with van der Waals surface area (Å²) in [6, 6.07) is 18.6. The molecule has 3 rings (SSSR count). The third-order valence-electron chi connectivity index (χ3n) is 3.44. The minimum atomic E-state index is 0.0706. The summed E-state index contributed by atoms with van der Waals surface area (Å²) in [5, 5.41) is 9.30. The molecule has 0 heterocycles. The molecule has 0 aromatic heterocycles. The molecule has 0 spiro atoms. The fourth-order valence-corrected chi connectivity index (χ4v) is 2.26. The zero-order valence-corrected chi connectivity index (χ0v) is 13.1. The minimum Gasteiger partial charge on any atom is -0.398 e. The molecule has 0 aliphatic rings. The summed E-state index contributed by atoms with van der Waals surface area (Å²) in [5.74, 6) is 7.73. The third-order valence-corrected chi connectivity index (χ3v) is 3.44. The number of benzene rings is 3. The number of nitrogens with one attached hydrogen (secondary N) is 2. The maximum absolute atomic E-state index is 7.42. The lowest BCUT2D eigenvalue weighted by molar-refractivity contribution is 1.35. The van der Waals surface area contributed by atoms with E-state index in [2.05, 4.69) is 11.3 Å². The van der Waals surface area contributed by atoms with Crippen LogP contribution in [0.1, 0.15) is 11.1 Å². The first-order valence-corrected chi connectivity index (χ1v) is 7.21. The molecule has 0 aliphatic carbocycles. The number of amidine groups is 1. The van der Waals surface area contributed by atoms with Crippen molar-refractivity contribution in [3.05, 3.63) is 71.8 Å². The van der Waals surface area contributed by atoms with Gasteiger partial charge in [0.25, 0.3) is 0 Å². The van der Waals surface area contributed by atoms with Gasteiger partial charge in [0.1, 0.15) is 5.84 Å². The summed E-state index contributed by atoms with van der Waals surface area (Å²) < 4.78 is 0. The second-order valence-electron chi connectivity index (χ2n) is 5.03. The molecular weight excluding hydrogens is 298 g/mol. The first kappa shape index (κ1) is 16.9. The number of anilines is 2. The van der Waals surface area contributed by atoms with E-state index in [1.807, 2.05) is 42.5 Å². The first-order chi connectivity index (χ1) is 11.6. The Kier molecular flexibility index (Phi) is 5.40. The van der Waals surface area contributed by atoms with Crippen LogP contribution >= 0.6 is 0 Å². The van der Waals surface area contributed by atoms with Gasteiger partial charge in [0, 0.05) is 27.9 Å². The maximum Gasteiger partial charge on any atom is 0.123 e. The first-order valence-electron chi connectivity index (χ1n) is 7.21. The van der Waals surface area contributed by atoms with Crippen LogP contribution in [0.2, 0.25) is 0 Å². The summed E-state index contributed by atoms with van der Waals surface area (Å²) >= 11 is 0. The average molecular weight is 317 g/mol. The quantitative estimate of drug-likeness (QED) is 0.125. The SMILES string of the molecule is C#Cc1cccc(NN)c1.N=C(N)c1ccc(N)c2ccccc12. The molecule has 0 amide bonds. The molecular formula is C19H19N5. The number of terminal acetylenes is 1. The number of nitrogen functional groups attached to an aromatic ring is 3. The van der Waals surface area contributed by atoms with Gasteiger partial charge in [0.05, 0.1) is 0 Å². The summed E-state index contributed by atoms with van der Waals surface area (Å²) in [5.41, 5.74) is 16.9. The standard InChI is InChI=1S/C11H11N3.C8H8N2/c12-10-6-5-9(11(13)14)7-3-1-2-4-8(7)10;1-2-7-4-3-5-8(6-7)10-9/h1-6H,12H2,(H3,13,14);1,3-6,10H,9H2. The van der Waals surface area contributed by atoms with E-state index in [-0.39, 0.29) is 5.84 Å². The topological polar surface area (TPSA) is 114 Å². The summed E-state index contributed by atoms with van der Waals surface area (Å²) in [6.07, 6.45) is 5.15. The van der Waals surface area contributed by atoms with Crippen LogP contribution in [0.15, 0.2) is 60.7 Å². The lowest BCUT2D eigenvalue weighted by atomic mass is 10.0. The van der Waals surface area contributed by atoms with Crippen LogP contribution in [0.4, 0.5) is 11.4 Å². The highest BCUT2D eigenvalue weighted by Gasteiger charge is 2.04. The van der Waals surface area contributed by atoms with Crippen molar-refractivity contribution in [1.29, 1.82) is 5.41 Å². The zero-order chi connectivity index (χ0) is 17.5. The van der Waals surface area contributed by atoms with Gasteiger partial charge < -0.3 is 16.9 Å². The molecule has 3 aromatic rings. The largest absolute Gasteiger partial charge is 0.398 e. The van der Waals surface area contributed by atoms with Crippen molar-refractivity contribution in [3.8, 4) is 12.3 Å². The van der Waals surface area contributed by atoms with Gasteiger partial charge in [-0.2, -0.15) is 0 Å². The second-order valence-corrected chi connectivity index (χ2v) is 5.03. The Hall–Kier alpha value is -3.49. The highest BCUT2D eigenvalue weighted by molar-refractivity contribution is 6.10. The van der Waals surface area contributed by atoms with Crippen molar-refractivity contribution >= 4 is 28.0 Å². The third kappa shape index (κ3) is 3.83. The molecule has 0 aliphatic heterocycles. The van der Waals surface area contributed by atoms with Gasteiger partial charge >= 0.3 is 0 Å². The van der Waals surface area contributed by atoms with Gasteiger partial charge in [0.2, 0.25) is 0 Å². The van der Waals surface area contributed by atoms with Gasteiger partial charge in [-0.25, -0.2) is 0 Å². The Morgan fingerprint density at radius 2 is 1.71 bits per heavy atom. The van der Waals surface area contributed by atoms with Crippen LogP contribution in [0.3, 0.4) is 0 Å². The van der Waals surface area contributed by atoms with Gasteiger partial charge in [0.15, 0.2) is 0 Å². The van der Waals surface area contributed by atoms with Crippen LogP contribution < -0.4 is 22.7 Å². The highest BCUT2D eigenvalue weighted by Crippen LogP contribution is 2.23. The fourth-order valence-electron chi connectivity index (χ4n) is 2.26. The van der Waals surface area contributed by atoms with E-state index < -0.39 is 0 Å². The van der Waals surface area contributed by atoms with Gasteiger partial charge in [-0.3, -0.25) is 11.3 Å². The molecule has 0 radical (unpaired) electrons. The van der Waals surface area contributed by atoms with E-state index in [0.29, 0.717) is 5.69 Å². The summed E-state index contributed by atoms with van der Waals surface area (Å²) in [7, 11) is 0. The highest BCUT2D eigenvalue weighted by atomic mass is 15.2. The predicted molar refractivity (Wildman–Crippen MR) is 102 cm³/mol. The van der Waals surface area contributed by atoms with Crippen LogP contribution in [0.25, 0.3) is 10.8 Å². The average Bonchev–Trinajstić information content (AvgIpc) is 2.62. The molecule has 0 fully saturated rings. The van der Waals surface area contributed by atoms with Crippen molar-refractivity contribution in [3.63, 3.8) is 0 Å². The minimum absolute atomic E-state index is 0.0706. The van der Waals surface area contributed by atoms with Crippen molar-refractivity contribution in [2.75, 3.05) is 11.2 Å². The normalized spacial score (nSPS) is 9.50. The van der Waals surface area contributed by atoms with E-state index in [4.69, 9.17) is 29.1 Å². The number of nitrogens with two attached hydrogens (primary N) is 3. The summed E-state index contributed by atoms with van der Waals surface area (Å²) in [4.78, 5) is 0. The van der Waals surface area contributed by atoms with E-state index in [9.17, 15) is 0 Å². The molecule has 0 saturated heterocycles. The molecule has 5 heteroatoms. The van der Waals surface area contributed by atoms with Crippen molar-refractivity contribution in [1.82, 2.24) is 0 Å². The molecule has 0 unspecified atom stereocenters. The Bertz CT molecular complexity index is 909. The smallest absolute Gasteiger partial charge is 0.123 e. The summed E-state index contributed by atoms with van der Waals surface area (Å²) in [6.45, 7) is 0. The Morgan fingerprint density at radius 3 is 2.33 bits per heavy atom. The van der Waals surface area contributed by atoms with Crippen LogP contribution in [0, 0.1) is 17.8 Å². The van der Waals surface area contributed by atoms with Crippen molar-refractivity contribution in [2.45, 2.75) is 0 Å². The van der Waals surface area contributed by atoms with Crippen LogP contribution in [-0.4, -0.2) is 5.84 Å². The molecule has 0 bridgehead atoms. The zero-order valence-electron chi connectivity index (χ0n) is 13.1. The number of fused-ring (bicyclic) bond motifs is 1. The molecule has 24 heavy (non-hydrogen) atoms. The lowest BCUT2D eigenvalue weighted by Crippen LogP contribution is -2.11. The Morgan fingerprint density at radius 1 is 1.00 bits per heavy atom. The molecule has 120 valence electrons. The molecule has 3 aromatic carbocycles. The number of rotatable bonds is 2. The van der Waals surface area contributed by atoms with E-state index in [0.717, 1.165) is 27.6 Å². The maximum atomic E-state index is 7.42. The van der Waals surface area contributed by atoms with Crippen LogP contribution in [0.5, 0.6) is 0 Å². The van der Waals surface area contributed by atoms with Crippen LogP contribution in [-0.2, 0) is 0 Å². The monoisotopic (exact) mass is 317 g/mol. The molecule has 0 atom stereocenters. The number of hydrazine groups is 1.